The van der Waals surface area contributed by atoms with E-state index in [1.54, 1.807) is 18.2 Å². The molecule has 2 N–H and O–H groups in total. The van der Waals surface area contributed by atoms with E-state index in [2.05, 4.69) is 15.5 Å². The lowest BCUT2D eigenvalue weighted by Gasteiger charge is -2.06. The van der Waals surface area contributed by atoms with Crippen LogP contribution >= 0.6 is 0 Å². The summed E-state index contributed by atoms with van der Waals surface area (Å²) in [6.45, 7) is 2.54. The van der Waals surface area contributed by atoms with Gasteiger partial charge in [0.25, 0.3) is 5.91 Å². The van der Waals surface area contributed by atoms with Crippen LogP contribution in [0, 0.1) is 0 Å². The number of hydrogen-bond donors (Lipinski definition) is 2. The van der Waals surface area contributed by atoms with Gasteiger partial charge in [-0.15, -0.1) is 0 Å². The highest BCUT2D eigenvalue weighted by Gasteiger charge is 2.11. The molecule has 5 nitrogen and oxygen atoms in total. The number of nitrogens with one attached hydrogen (secondary N) is 2. The minimum atomic E-state index is -0.233. The second-order valence-corrected chi connectivity index (χ2v) is 4.94. The minimum absolute atomic E-state index is 0.233. The summed E-state index contributed by atoms with van der Waals surface area (Å²) in [6, 6.07) is 18.7. The summed E-state index contributed by atoms with van der Waals surface area (Å²) in [5.41, 5.74) is 2.82. The molecule has 0 saturated heterocycles. The summed E-state index contributed by atoms with van der Waals surface area (Å²) in [5.74, 6) is 0.544. The number of amides is 1. The first-order chi connectivity index (χ1) is 11.3. The number of benzene rings is 2. The molecule has 0 unspecified atom stereocenters. The van der Waals surface area contributed by atoms with Gasteiger partial charge < -0.3 is 10.1 Å². The van der Waals surface area contributed by atoms with Crippen LogP contribution in [-0.2, 0) is 0 Å². The SMILES string of the molecule is CCOc1ccc(NC(=O)c2cc(-c3ccccc3)n[nH]2)cc1. The number of aromatic amines is 1. The quantitative estimate of drug-likeness (QED) is 0.755. The zero-order valence-electron chi connectivity index (χ0n) is 12.7. The number of ether oxygens (including phenoxy) is 1. The van der Waals surface area contributed by atoms with Gasteiger partial charge in [-0.3, -0.25) is 9.89 Å². The highest BCUT2D eigenvalue weighted by atomic mass is 16.5. The molecule has 0 spiro atoms. The first-order valence-electron chi connectivity index (χ1n) is 7.41. The fourth-order valence-electron chi connectivity index (χ4n) is 2.19. The van der Waals surface area contributed by atoms with Crippen molar-refractivity contribution in [2.24, 2.45) is 0 Å². The number of aromatic nitrogens is 2. The molecule has 0 atom stereocenters. The van der Waals surface area contributed by atoms with Crippen LogP contribution in [0.25, 0.3) is 11.3 Å². The van der Waals surface area contributed by atoms with Gasteiger partial charge in [0.05, 0.1) is 12.3 Å². The smallest absolute Gasteiger partial charge is 0.273 e. The summed E-state index contributed by atoms with van der Waals surface area (Å²) >= 11 is 0. The van der Waals surface area contributed by atoms with E-state index in [-0.39, 0.29) is 5.91 Å². The van der Waals surface area contributed by atoms with Gasteiger partial charge in [-0.1, -0.05) is 30.3 Å². The maximum absolute atomic E-state index is 12.3. The molecule has 0 radical (unpaired) electrons. The van der Waals surface area contributed by atoms with Crippen molar-refractivity contribution in [3.8, 4) is 17.0 Å². The summed E-state index contributed by atoms with van der Waals surface area (Å²) in [5, 5.41) is 9.78. The fourth-order valence-corrected chi connectivity index (χ4v) is 2.19. The molecule has 1 amide bonds. The molecule has 0 bridgehead atoms. The molecule has 0 fully saturated rings. The lowest BCUT2D eigenvalue weighted by atomic mass is 10.1. The predicted molar refractivity (Wildman–Crippen MR) is 89.6 cm³/mol. The van der Waals surface area contributed by atoms with E-state index in [9.17, 15) is 4.79 Å². The average molecular weight is 307 g/mol. The van der Waals surface area contributed by atoms with Crippen molar-refractivity contribution in [1.29, 1.82) is 0 Å². The first-order valence-corrected chi connectivity index (χ1v) is 7.41. The number of nitrogens with zero attached hydrogens (tertiary/aromatic N) is 1. The molecule has 3 rings (SSSR count). The Morgan fingerprint density at radius 1 is 1.13 bits per heavy atom. The molecular formula is C18H17N3O2. The second-order valence-electron chi connectivity index (χ2n) is 4.94. The Bertz CT molecular complexity index is 780. The number of carbonyl (C=O) groups is 1. The monoisotopic (exact) mass is 307 g/mol. The third-order valence-corrected chi connectivity index (χ3v) is 3.32. The van der Waals surface area contributed by atoms with Crippen molar-refractivity contribution in [2.75, 3.05) is 11.9 Å². The molecule has 116 valence electrons. The van der Waals surface area contributed by atoms with Crippen molar-refractivity contribution < 1.29 is 9.53 Å². The molecule has 23 heavy (non-hydrogen) atoms. The van der Waals surface area contributed by atoms with E-state index in [0.717, 1.165) is 17.0 Å². The Morgan fingerprint density at radius 3 is 2.57 bits per heavy atom. The molecule has 0 aliphatic rings. The van der Waals surface area contributed by atoms with Gasteiger partial charge in [0.2, 0.25) is 0 Å². The van der Waals surface area contributed by atoms with Crippen LogP contribution in [0.3, 0.4) is 0 Å². The topological polar surface area (TPSA) is 67.0 Å². The number of anilines is 1. The molecule has 5 heteroatoms. The summed E-state index contributed by atoms with van der Waals surface area (Å²) in [7, 11) is 0. The summed E-state index contributed by atoms with van der Waals surface area (Å²) in [6.07, 6.45) is 0. The number of H-pyrrole nitrogens is 1. The number of hydrogen-bond acceptors (Lipinski definition) is 3. The lowest BCUT2D eigenvalue weighted by molar-refractivity contribution is 0.102. The van der Waals surface area contributed by atoms with Gasteiger partial charge in [-0.05, 0) is 37.3 Å². The van der Waals surface area contributed by atoms with Crippen molar-refractivity contribution >= 4 is 11.6 Å². The Labute approximate surface area is 134 Å². The van der Waals surface area contributed by atoms with Gasteiger partial charge in [-0.2, -0.15) is 5.10 Å². The minimum Gasteiger partial charge on any atom is -0.494 e. The highest BCUT2D eigenvalue weighted by Crippen LogP contribution is 2.19. The van der Waals surface area contributed by atoms with Crippen LogP contribution in [0.4, 0.5) is 5.69 Å². The zero-order chi connectivity index (χ0) is 16.1. The molecule has 0 aliphatic heterocycles. The largest absolute Gasteiger partial charge is 0.494 e. The lowest BCUT2D eigenvalue weighted by Crippen LogP contribution is -2.12. The van der Waals surface area contributed by atoms with Crippen LogP contribution in [0.15, 0.2) is 60.7 Å². The van der Waals surface area contributed by atoms with Crippen molar-refractivity contribution in [1.82, 2.24) is 10.2 Å². The van der Waals surface area contributed by atoms with Crippen LogP contribution in [0.2, 0.25) is 0 Å². The number of carbonyl (C=O) groups excluding carboxylic acids is 1. The third-order valence-electron chi connectivity index (χ3n) is 3.32. The Balaban J connectivity index is 1.70. The van der Waals surface area contributed by atoms with Crippen molar-refractivity contribution in [2.45, 2.75) is 6.92 Å². The van der Waals surface area contributed by atoms with Crippen molar-refractivity contribution in [3.63, 3.8) is 0 Å². The van der Waals surface area contributed by atoms with E-state index in [4.69, 9.17) is 4.74 Å². The van der Waals surface area contributed by atoms with Gasteiger partial charge >= 0.3 is 0 Å². The Hall–Kier alpha value is -3.08. The van der Waals surface area contributed by atoms with Gasteiger partial charge in [0.1, 0.15) is 11.4 Å². The van der Waals surface area contributed by atoms with E-state index >= 15 is 0 Å². The average Bonchev–Trinajstić information content (AvgIpc) is 3.08. The molecule has 1 heterocycles. The Kier molecular flexibility index (Phi) is 4.38. The normalized spacial score (nSPS) is 10.3. The third kappa shape index (κ3) is 3.58. The molecular weight excluding hydrogens is 290 g/mol. The van der Waals surface area contributed by atoms with Crippen LogP contribution in [0.5, 0.6) is 5.75 Å². The van der Waals surface area contributed by atoms with Gasteiger partial charge in [0, 0.05) is 11.3 Å². The standard InChI is InChI=1S/C18H17N3O2/c1-2-23-15-10-8-14(9-11-15)19-18(22)17-12-16(20-21-17)13-6-4-3-5-7-13/h3-12H,2H2,1H3,(H,19,22)(H,20,21). The number of rotatable bonds is 5. The van der Waals surface area contributed by atoms with Gasteiger partial charge in [-0.25, -0.2) is 0 Å². The van der Waals surface area contributed by atoms with Gasteiger partial charge in [0.15, 0.2) is 0 Å². The van der Waals surface area contributed by atoms with Crippen LogP contribution < -0.4 is 10.1 Å². The van der Waals surface area contributed by atoms with Crippen LogP contribution in [-0.4, -0.2) is 22.7 Å². The maximum Gasteiger partial charge on any atom is 0.273 e. The zero-order valence-corrected chi connectivity index (χ0v) is 12.7. The predicted octanol–water partition coefficient (Wildman–Crippen LogP) is 3.73. The molecule has 0 aliphatic carbocycles. The van der Waals surface area contributed by atoms with E-state index in [1.165, 1.54) is 0 Å². The highest BCUT2D eigenvalue weighted by molar-refractivity contribution is 6.03. The first kappa shape index (κ1) is 14.8. The van der Waals surface area contributed by atoms with E-state index in [0.29, 0.717) is 18.0 Å². The van der Waals surface area contributed by atoms with E-state index in [1.807, 2.05) is 49.4 Å². The van der Waals surface area contributed by atoms with E-state index < -0.39 is 0 Å². The summed E-state index contributed by atoms with van der Waals surface area (Å²) < 4.78 is 5.37. The summed E-state index contributed by atoms with van der Waals surface area (Å²) in [4.78, 5) is 12.3. The molecule has 0 saturated carbocycles. The molecule has 1 aromatic heterocycles. The Morgan fingerprint density at radius 2 is 1.87 bits per heavy atom. The van der Waals surface area contributed by atoms with Crippen LogP contribution in [0.1, 0.15) is 17.4 Å². The molecule has 2 aromatic carbocycles. The fraction of sp³-hybridized carbons (Fsp3) is 0.111. The van der Waals surface area contributed by atoms with Crippen molar-refractivity contribution in [3.05, 3.63) is 66.4 Å². The molecule has 3 aromatic rings. The second kappa shape index (κ2) is 6.79. The maximum atomic E-state index is 12.3.